The van der Waals surface area contributed by atoms with Crippen LogP contribution in [0.25, 0.3) is 0 Å². The lowest BCUT2D eigenvalue weighted by Gasteiger charge is -2.31. The first-order chi connectivity index (χ1) is 15.4. The molecule has 0 aromatic heterocycles. The van der Waals surface area contributed by atoms with E-state index in [9.17, 15) is 21.6 Å². The van der Waals surface area contributed by atoms with Crippen molar-refractivity contribution in [3.8, 4) is 0 Å². The third kappa shape index (κ3) is 6.04. The normalized spacial score (nSPS) is 16.2. The number of halogens is 2. The van der Waals surface area contributed by atoms with E-state index in [1.54, 1.807) is 0 Å². The van der Waals surface area contributed by atoms with E-state index in [0.29, 0.717) is 31.9 Å². The zero-order valence-corrected chi connectivity index (χ0v) is 21.2. The highest BCUT2D eigenvalue weighted by atomic mass is 35.5. The van der Waals surface area contributed by atoms with Crippen LogP contribution in [0.3, 0.4) is 0 Å². The summed E-state index contributed by atoms with van der Waals surface area (Å²) in [6.07, 6.45) is 0. The Kier molecular flexibility index (Phi) is 8.05. The Morgan fingerprint density at radius 1 is 1.00 bits per heavy atom. The predicted molar refractivity (Wildman–Crippen MR) is 128 cm³/mol. The van der Waals surface area contributed by atoms with E-state index < -0.39 is 32.5 Å². The summed E-state index contributed by atoms with van der Waals surface area (Å²) in [4.78, 5) is 14.4. The minimum absolute atomic E-state index is 0.0104. The minimum Gasteiger partial charge on any atom is -0.325 e. The van der Waals surface area contributed by atoms with Crippen molar-refractivity contribution in [1.82, 2.24) is 13.5 Å². The average Bonchev–Trinajstić information content (AvgIpc) is 2.76. The first-order valence-electron chi connectivity index (χ1n) is 9.91. The molecular weight excluding hydrogens is 511 g/mol. The highest BCUT2D eigenvalue weighted by Gasteiger charge is 2.28. The van der Waals surface area contributed by atoms with Crippen molar-refractivity contribution in [1.29, 1.82) is 0 Å². The molecule has 1 N–H and O–H groups in total. The Morgan fingerprint density at radius 2 is 1.61 bits per heavy atom. The third-order valence-electron chi connectivity index (χ3n) is 5.19. The fourth-order valence-electron chi connectivity index (χ4n) is 3.22. The molecule has 13 heteroatoms. The van der Waals surface area contributed by atoms with E-state index in [1.165, 1.54) is 53.8 Å². The molecule has 1 heterocycles. The van der Waals surface area contributed by atoms with Gasteiger partial charge in [0.15, 0.2) is 0 Å². The molecular formula is C20H24Cl2N4O5S2. The van der Waals surface area contributed by atoms with Gasteiger partial charge >= 0.3 is 0 Å². The van der Waals surface area contributed by atoms with Crippen molar-refractivity contribution in [2.75, 3.05) is 52.1 Å². The van der Waals surface area contributed by atoms with Gasteiger partial charge in [0.05, 0.1) is 16.5 Å². The van der Waals surface area contributed by atoms with Crippen molar-refractivity contribution >= 4 is 54.8 Å². The fourth-order valence-corrected chi connectivity index (χ4v) is 6.50. The monoisotopic (exact) mass is 534 g/mol. The maximum atomic E-state index is 12.8. The number of sulfonamides is 2. The van der Waals surface area contributed by atoms with Gasteiger partial charge in [-0.15, -0.1) is 0 Å². The van der Waals surface area contributed by atoms with Crippen LogP contribution in [-0.4, -0.2) is 83.1 Å². The Hall–Kier alpha value is -1.73. The number of nitrogens with one attached hydrogen (secondary N) is 1. The van der Waals surface area contributed by atoms with Crippen molar-refractivity contribution in [2.45, 2.75) is 9.79 Å². The molecule has 2 aromatic rings. The van der Waals surface area contributed by atoms with E-state index in [0.717, 1.165) is 4.31 Å². The topological polar surface area (TPSA) is 107 Å². The van der Waals surface area contributed by atoms with E-state index >= 15 is 0 Å². The van der Waals surface area contributed by atoms with Crippen molar-refractivity contribution in [3.05, 3.63) is 52.5 Å². The van der Waals surface area contributed by atoms with Crippen LogP contribution < -0.4 is 5.32 Å². The van der Waals surface area contributed by atoms with Gasteiger partial charge in [-0.2, -0.15) is 8.61 Å². The van der Waals surface area contributed by atoms with Crippen LogP contribution in [0.15, 0.2) is 52.3 Å². The van der Waals surface area contributed by atoms with E-state index in [-0.39, 0.29) is 19.8 Å². The van der Waals surface area contributed by atoms with E-state index in [4.69, 9.17) is 23.2 Å². The first-order valence-corrected chi connectivity index (χ1v) is 13.5. The molecule has 1 amide bonds. The number of hydrogen-bond donors (Lipinski definition) is 1. The number of rotatable bonds is 7. The van der Waals surface area contributed by atoms with Gasteiger partial charge < -0.3 is 10.2 Å². The molecule has 1 fully saturated rings. The summed E-state index contributed by atoms with van der Waals surface area (Å²) in [6.45, 7) is 1.66. The smallest absolute Gasteiger partial charge is 0.244 e. The summed E-state index contributed by atoms with van der Waals surface area (Å²) in [6, 6.07) is 9.79. The third-order valence-corrected chi connectivity index (χ3v) is 9.62. The average molecular weight is 535 g/mol. The van der Waals surface area contributed by atoms with Crippen LogP contribution in [0.2, 0.25) is 10.0 Å². The van der Waals surface area contributed by atoms with Gasteiger partial charge in [-0.3, -0.25) is 4.79 Å². The summed E-state index contributed by atoms with van der Waals surface area (Å²) in [5.41, 5.74) is 0.337. The molecule has 2 aromatic carbocycles. The Bertz CT molecular complexity index is 1230. The molecule has 33 heavy (non-hydrogen) atoms. The predicted octanol–water partition coefficient (Wildman–Crippen LogP) is 2.19. The minimum atomic E-state index is -4.05. The van der Waals surface area contributed by atoms with Crippen molar-refractivity contribution in [3.63, 3.8) is 0 Å². The molecule has 3 rings (SSSR count). The maximum absolute atomic E-state index is 12.8. The number of piperazine rings is 1. The molecule has 1 saturated heterocycles. The second-order valence-electron chi connectivity index (χ2n) is 7.62. The van der Waals surface area contributed by atoms with Crippen LogP contribution in [0.1, 0.15) is 0 Å². The second-order valence-corrected chi connectivity index (χ2v) is 12.4. The number of anilines is 1. The van der Waals surface area contributed by atoms with Gasteiger partial charge in [-0.05, 0) is 49.5 Å². The first kappa shape index (κ1) is 25.9. The number of benzene rings is 2. The lowest BCUT2D eigenvalue weighted by molar-refractivity contribution is -0.116. The molecule has 0 unspecified atom stereocenters. The quantitative estimate of drug-likeness (QED) is 0.583. The molecule has 0 bridgehead atoms. The van der Waals surface area contributed by atoms with E-state index in [2.05, 4.69) is 10.2 Å². The summed E-state index contributed by atoms with van der Waals surface area (Å²) in [5, 5.41) is 2.75. The number of nitrogens with zero attached hydrogens (tertiary/aromatic N) is 3. The van der Waals surface area contributed by atoms with Gasteiger partial charge in [0.1, 0.15) is 4.90 Å². The van der Waals surface area contributed by atoms with Gasteiger partial charge in [-0.1, -0.05) is 23.2 Å². The zero-order valence-electron chi connectivity index (χ0n) is 18.0. The Labute approximate surface area is 204 Å². The molecule has 180 valence electrons. The van der Waals surface area contributed by atoms with Crippen LogP contribution in [0.4, 0.5) is 5.69 Å². The summed E-state index contributed by atoms with van der Waals surface area (Å²) in [7, 11) is -4.49. The standard InChI is InChI=1S/C20H24Cl2N4O5S2/c1-24-9-11-26(12-10-24)32(28,29)17-6-4-16(5-7-17)23-20(27)14-25(2)33(30,31)19-13-15(21)3-8-18(19)22/h3-8,13H,9-12,14H2,1-2H3,(H,23,27). The number of hydrogen-bond acceptors (Lipinski definition) is 6. The maximum Gasteiger partial charge on any atom is 0.244 e. The number of carbonyl (C=O) groups is 1. The lowest BCUT2D eigenvalue weighted by atomic mass is 10.3. The van der Waals surface area contributed by atoms with Crippen LogP contribution in [0, 0.1) is 0 Å². The van der Waals surface area contributed by atoms with Gasteiger partial charge in [0.2, 0.25) is 26.0 Å². The molecule has 1 aliphatic heterocycles. The largest absolute Gasteiger partial charge is 0.325 e. The van der Waals surface area contributed by atoms with Gasteiger partial charge in [-0.25, -0.2) is 16.8 Å². The van der Waals surface area contributed by atoms with Crippen molar-refractivity contribution < 1.29 is 21.6 Å². The molecule has 0 atom stereocenters. The highest BCUT2D eigenvalue weighted by Crippen LogP contribution is 2.27. The Morgan fingerprint density at radius 3 is 2.21 bits per heavy atom. The van der Waals surface area contributed by atoms with Gasteiger partial charge in [0.25, 0.3) is 0 Å². The zero-order chi connectivity index (χ0) is 24.4. The molecule has 0 saturated carbocycles. The number of likely N-dealkylation sites (N-methyl/N-ethyl adjacent to an activating group) is 2. The fraction of sp³-hybridized carbons (Fsp3) is 0.350. The number of amides is 1. The van der Waals surface area contributed by atoms with Crippen molar-refractivity contribution in [2.24, 2.45) is 0 Å². The van der Waals surface area contributed by atoms with Crippen LogP contribution in [0.5, 0.6) is 0 Å². The molecule has 0 spiro atoms. The summed E-state index contributed by atoms with van der Waals surface area (Å²) in [5.74, 6) is -0.603. The van der Waals surface area contributed by atoms with E-state index in [1.807, 2.05) is 7.05 Å². The second kappa shape index (κ2) is 10.3. The van der Waals surface area contributed by atoms with Crippen LogP contribution in [-0.2, 0) is 24.8 Å². The molecule has 0 radical (unpaired) electrons. The van der Waals surface area contributed by atoms with Crippen LogP contribution >= 0.6 is 23.2 Å². The SMILES string of the molecule is CN1CCN(S(=O)(=O)c2ccc(NC(=O)CN(C)S(=O)(=O)c3cc(Cl)ccc3Cl)cc2)CC1. The summed E-state index contributed by atoms with van der Waals surface area (Å²) < 4.78 is 53.4. The lowest BCUT2D eigenvalue weighted by Crippen LogP contribution is -2.46. The molecule has 1 aliphatic rings. The molecule has 9 nitrogen and oxygen atoms in total. The number of carbonyl (C=O) groups excluding carboxylic acids is 1. The van der Waals surface area contributed by atoms with Gasteiger partial charge in [0, 0.05) is 43.9 Å². The Balaban J connectivity index is 1.65. The summed E-state index contributed by atoms with van der Waals surface area (Å²) >= 11 is 11.9. The highest BCUT2D eigenvalue weighted by molar-refractivity contribution is 7.89. The molecule has 0 aliphatic carbocycles.